The number of carbonyl (C=O) groups excluding carboxylic acids is 1. The van der Waals surface area contributed by atoms with Crippen molar-refractivity contribution in [1.82, 2.24) is 10.0 Å². The molecule has 0 radical (unpaired) electrons. The van der Waals surface area contributed by atoms with Crippen molar-refractivity contribution in [3.63, 3.8) is 0 Å². The van der Waals surface area contributed by atoms with Crippen LogP contribution in [0, 0.1) is 0 Å². The van der Waals surface area contributed by atoms with Gasteiger partial charge in [0.25, 0.3) is 5.91 Å². The summed E-state index contributed by atoms with van der Waals surface area (Å²) in [5.41, 5.74) is 0.737. The summed E-state index contributed by atoms with van der Waals surface area (Å²) in [6, 6.07) is 9.40. The van der Waals surface area contributed by atoms with Crippen molar-refractivity contribution in [2.45, 2.75) is 6.92 Å². The average Bonchev–Trinajstić information content (AvgIpc) is 2.42. The fraction of sp³-hybridized carbons (Fsp3) is 0.462. The van der Waals surface area contributed by atoms with Crippen LogP contribution in [0.1, 0.15) is 17.3 Å². The minimum Gasteiger partial charge on any atom is -0.379 e. The lowest BCUT2D eigenvalue weighted by molar-refractivity contribution is -0.0675. The molecule has 1 aliphatic rings. The lowest BCUT2D eigenvalue weighted by Gasteiger charge is -2.36. The molecule has 1 fully saturated rings. The van der Waals surface area contributed by atoms with Crippen molar-refractivity contribution in [1.29, 1.82) is 0 Å². The van der Waals surface area contributed by atoms with Crippen molar-refractivity contribution < 1.29 is 9.53 Å². The number of amides is 1. The van der Waals surface area contributed by atoms with Gasteiger partial charge in [0.15, 0.2) is 0 Å². The van der Waals surface area contributed by atoms with Crippen LogP contribution in [0.15, 0.2) is 30.3 Å². The van der Waals surface area contributed by atoms with E-state index in [2.05, 4.69) is 5.01 Å². The van der Waals surface area contributed by atoms with E-state index >= 15 is 0 Å². The SMILES string of the molecule is CCN(C(=O)c1ccccc1)N1CCOCC1. The van der Waals surface area contributed by atoms with Gasteiger partial charge in [-0.05, 0) is 19.1 Å². The number of morpholine rings is 1. The summed E-state index contributed by atoms with van der Waals surface area (Å²) < 4.78 is 5.30. The number of carbonyl (C=O) groups is 1. The first-order valence-electron chi connectivity index (χ1n) is 6.02. The number of ether oxygens (including phenoxy) is 1. The van der Waals surface area contributed by atoms with Crippen LogP contribution < -0.4 is 0 Å². The fourth-order valence-corrected chi connectivity index (χ4v) is 2.00. The molecular weight excluding hydrogens is 216 g/mol. The lowest BCUT2D eigenvalue weighted by Crippen LogP contribution is -2.51. The molecule has 0 bridgehead atoms. The van der Waals surface area contributed by atoms with E-state index in [0.717, 1.165) is 18.7 Å². The first-order valence-corrected chi connectivity index (χ1v) is 6.02. The molecule has 92 valence electrons. The zero-order valence-corrected chi connectivity index (χ0v) is 10.1. The summed E-state index contributed by atoms with van der Waals surface area (Å²) in [6.07, 6.45) is 0. The molecule has 0 spiro atoms. The highest BCUT2D eigenvalue weighted by molar-refractivity contribution is 5.93. The molecular formula is C13H18N2O2. The third-order valence-electron chi connectivity index (χ3n) is 2.88. The smallest absolute Gasteiger partial charge is 0.268 e. The number of hydrogen-bond donors (Lipinski definition) is 0. The van der Waals surface area contributed by atoms with E-state index in [-0.39, 0.29) is 5.91 Å². The van der Waals surface area contributed by atoms with Gasteiger partial charge >= 0.3 is 0 Å². The third kappa shape index (κ3) is 2.84. The summed E-state index contributed by atoms with van der Waals surface area (Å²) in [5, 5.41) is 3.87. The van der Waals surface area contributed by atoms with E-state index in [1.807, 2.05) is 37.3 Å². The molecule has 1 amide bonds. The van der Waals surface area contributed by atoms with Crippen molar-refractivity contribution in [3.05, 3.63) is 35.9 Å². The minimum atomic E-state index is 0.0648. The highest BCUT2D eigenvalue weighted by Crippen LogP contribution is 2.09. The normalized spacial score (nSPS) is 16.8. The molecule has 4 nitrogen and oxygen atoms in total. The largest absolute Gasteiger partial charge is 0.379 e. The second-order valence-corrected chi connectivity index (χ2v) is 3.95. The van der Waals surface area contributed by atoms with E-state index < -0.39 is 0 Å². The van der Waals surface area contributed by atoms with Gasteiger partial charge < -0.3 is 4.74 Å². The van der Waals surface area contributed by atoms with Gasteiger partial charge in [0, 0.05) is 25.2 Å². The zero-order valence-electron chi connectivity index (χ0n) is 10.1. The first kappa shape index (κ1) is 12.1. The van der Waals surface area contributed by atoms with E-state index in [0.29, 0.717) is 19.8 Å². The molecule has 1 aromatic carbocycles. The second-order valence-electron chi connectivity index (χ2n) is 3.95. The highest BCUT2D eigenvalue weighted by Gasteiger charge is 2.22. The minimum absolute atomic E-state index is 0.0648. The summed E-state index contributed by atoms with van der Waals surface area (Å²) in [5.74, 6) is 0.0648. The van der Waals surface area contributed by atoms with E-state index in [1.54, 1.807) is 5.01 Å². The Morgan fingerprint density at radius 1 is 1.29 bits per heavy atom. The Bertz CT molecular complexity index is 361. The Balaban J connectivity index is 2.09. The van der Waals surface area contributed by atoms with Gasteiger partial charge in [-0.3, -0.25) is 9.80 Å². The molecule has 1 aromatic rings. The highest BCUT2D eigenvalue weighted by atomic mass is 16.5. The van der Waals surface area contributed by atoms with Crippen LogP contribution in [0.3, 0.4) is 0 Å². The number of hydrazine groups is 1. The summed E-state index contributed by atoms with van der Waals surface area (Å²) in [4.78, 5) is 12.3. The van der Waals surface area contributed by atoms with Crippen molar-refractivity contribution >= 4 is 5.91 Å². The first-order chi connectivity index (χ1) is 8.33. The van der Waals surface area contributed by atoms with Gasteiger partial charge in [-0.1, -0.05) is 18.2 Å². The topological polar surface area (TPSA) is 32.8 Å². The quantitative estimate of drug-likeness (QED) is 0.792. The fourth-order valence-electron chi connectivity index (χ4n) is 2.00. The molecule has 1 heterocycles. The number of rotatable bonds is 3. The van der Waals surface area contributed by atoms with Crippen LogP contribution in [0.5, 0.6) is 0 Å². The molecule has 1 aliphatic heterocycles. The average molecular weight is 234 g/mol. The van der Waals surface area contributed by atoms with Crippen LogP contribution in [0.4, 0.5) is 0 Å². The van der Waals surface area contributed by atoms with Crippen LogP contribution in [-0.2, 0) is 4.74 Å². The van der Waals surface area contributed by atoms with Crippen molar-refractivity contribution in [3.8, 4) is 0 Å². The maximum atomic E-state index is 12.3. The van der Waals surface area contributed by atoms with Crippen LogP contribution in [-0.4, -0.2) is 48.8 Å². The molecule has 4 heteroatoms. The molecule has 17 heavy (non-hydrogen) atoms. The second kappa shape index (κ2) is 5.80. The Morgan fingerprint density at radius 2 is 1.94 bits per heavy atom. The van der Waals surface area contributed by atoms with Gasteiger partial charge in [-0.15, -0.1) is 0 Å². The summed E-state index contributed by atoms with van der Waals surface area (Å²) in [6.45, 7) is 5.64. The van der Waals surface area contributed by atoms with Gasteiger partial charge in [0.2, 0.25) is 0 Å². The number of hydrogen-bond acceptors (Lipinski definition) is 3. The summed E-state index contributed by atoms with van der Waals surface area (Å²) in [7, 11) is 0. The molecule has 0 atom stereocenters. The van der Waals surface area contributed by atoms with Gasteiger partial charge in [-0.2, -0.15) is 0 Å². The Kier molecular flexibility index (Phi) is 4.12. The Labute approximate surface area is 102 Å². The Hall–Kier alpha value is -1.39. The van der Waals surface area contributed by atoms with Crippen molar-refractivity contribution in [2.75, 3.05) is 32.8 Å². The van der Waals surface area contributed by atoms with Gasteiger partial charge in [0.05, 0.1) is 13.2 Å². The van der Waals surface area contributed by atoms with E-state index in [1.165, 1.54) is 0 Å². The molecule has 0 aromatic heterocycles. The maximum Gasteiger partial charge on any atom is 0.268 e. The monoisotopic (exact) mass is 234 g/mol. The van der Waals surface area contributed by atoms with E-state index in [9.17, 15) is 4.79 Å². The molecule has 1 saturated heterocycles. The van der Waals surface area contributed by atoms with Gasteiger partial charge in [-0.25, -0.2) is 5.01 Å². The maximum absolute atomic E-state index is 12.3. The lowest BCUT2D eigenvalue weighted by atomic mass is 10.2. The molecule has 2 rings (SSSR count). The standard InChI is InChI=1S/C13H18N2O2/c1-2-15(14-8-10-17-11-9-14)13(16)12-6-4-3-5-7-12/h3-7H,2,8-11H2,1H3. The van der Waals surface area contributed by atoms with Crippen molar-refractivity contribution in [2.24, 2.45) is 0 Å². The molecule has 0 aliphatic carbocycles. The number of benzene rings is 1. The molecule has 0 unspecified atom stereocenters. The van der Waals surface area contributed by atoms with Crippen LogP contribution in [0.2, 0.25) is 0 Å². The summed E-state index contributed by atoms with van der Waals surface area (Å²) >= 11 is 0. The van der Waals surface area contributed by atoms with Crippen LogP contribution >= 0.6 is 0 Å². The predicted octanol–water partition coefficient (Wildman–Crippen LogP) is 1.40. The third-order valence-corrected chi connectivity index (χ3v) is 2.88. The van der Waals surface area contributed by atoms with Gasteiger partial charge in [0.1, 0.15) is 0 Å². The zero-order chi connectivity index (χ0) is 12.1. The molecule has 0 N–H and O–H groups in total. The number of nitrogens with zero attached hydrogens (tertiary/aromatic N) is 2. The van der Waals surface area contributed by atoms with E-state index in [4.69, 9.17) is 4.74 Å². The Morgan fingerprint density at radius 3 is 2.53 bits per heavy atom. The molecule has 0 saturated carbocycles. The van der Waals surface area contributed by atoms with Crippen LogP contribution in [0.25, 0.3) is 0 Å². The predicted molar refractivity (Wildman–Crippen MR) is 65.5 cm³/mol.